The molecule has 3 heterocycles. The fraction of sp³-hybridized carbons (Fsp3) is 0.400. The first kappa shape index (κ1) is 21.6. The van der Waals surface area contributed by atoms with Gasteiger partial charge in [-0.15, -0.1) is 11.3 Å². The number of nitrogens with one attached hydrogen (secondary N) is 1. The third-order valence-electron chi connectivity index (χ3n) is 6.36. The Morgan fingerprint density at radius 2 is 1.81 bits per heavy atom. The smallest absolute Gasteiger partial charge is 0.189 e. The van der Waals surface area contributed by atoms with Crippen molar-refractivity contribution in [1.29, 1.82) is 0 Å². The van der Waals surface area contributed by atoms with Crippen molar-refractivity contribution in [2.45, 2.75) is 38.3 Å². The number of likely N-dealkylation sites (N-methyl/N-ethyl adjacent to an activating group) is 1. The monoisotopic (exact) mass is 463 g/mol. The van der Waals surface area contributed by atoms with Crippen LogP contribution in [0.4, 0.5) is 5.82 Å². The highest BCUT2D eigenvalue weighted by Crippen LogP contribution is 2.43. The maximum atomic E-state index is 5.19. The van der Waals surface area contributed by atoms with Crippen LogP contribution in [0, 0.1) is 0 Å². The number of fused-ring (bicyclic) bond motifs is 5. The van der Waals surface area contributed by atoms with Crippen molar-refractivity contribution < 1.29 is 0 Å². The van der Waals surface area contributed by atoms with Crippen LogP contribution >= 0.6 is 23.1 Å². The van der Waals surface area contributed by atoms with E-state index in [0.717, 1.165) is 70.7 Å². The first-order valence-electron chi connectivity index (χ1n) is 11.4. The zero-order valence-electron chi connectivity index (χ0n) is 18.9. The molecule has 1 aromatic carbocycles. The van der Waals surface area contributed by atoms with Crippen molar-refractivity contribution in [2.75, 3.05) is 37.8 Å². The molecule has 0 fully saturated rings. The molecule has 0 spiro atoms. The number of aryl methyl sites for hydroxylation is 1. The van der Waals surface area contributed by atoms with E-state index < -0.39 is 0 Å². The number of hydrogen-bond donors (Lipinski definition) is 1. The molecule has 0 aliphatic heterocycles. The van der Waals surface area contributed by atoms with Crippen molar-refractivity contribution in [2.24, 2.45) is 0 Å². The second kappa shape index (κ2) is 9.33. The Labute approximate surface area is 197 Å². The van der Waals surface area contributed by atoms with Crippen LogP contribution in [0.15, 0.2) is 35.5 Å². The third kappa shape index (κ3) is 3.87. The van der Waals surface area contributed by atoms with Gasteiger partial charge in [-0.3, -0.25) is 0 Å². The number of hydrogen-bond acceptors (Lipinski definition) is 7. The fourth-order valence-electron chi connectivity index (χ4n) is 4.66. The summed E-state index contributed by atoms with van der Waals surface area (Å²) in [6.07, 6.45) is 5.42. The number of aromatic nitrogens is 3. The molecule has 7 heteroatoms. The van der Waals surface area contributed by atoms with Crippen molar-refractivity contribution in [3.05, 3.63) is 41.5 Å². The number of benzene rings is 1. The fourth-order valence-corrected chi connectivity index (χ4v) is 6.14. The summed E-state index contributed by atoms with van der Waals surface area (Å²) >= 11 is 3.33. The van der Waals surface area contributed by atoms with Gasteiger partial charge in [0.25, 0.3) is 0 Å². The molecule has 4 aromatic rings. The van der Waals surface area contributed by atoms with Gasteiger partial charge in [0.15, 0.2) is 5.16 Å². The van der Waals surface area contributed by atoms with Gasteiger partial charge in [0.1, 0.15) is 10.6 Å². The Kier molecular flexibility index (Phi) is 6.31. The highest BCUT2D eigenvalue weighted by atomic mass is 32.2. The maximum Gasteiger partial charge on any atom is 0.189 e. The minimum atomic E-state index is 0.821. The van der Waals surface area contributed by atoms with Gasteiger partial charge in [-0.25, -0.2) is 15.0 Å². The highest BCUT2D eigenvalue weighted by molar-refractivity contribution is 7.98. The summed E-state index contributed by atoms with van der Waals surface area (Å²) in [5, 5.41) is 5.69. The van der Waals surface area contributed by atoms with Gasteiger partial charge in [-0.1, -0.05) is 55.9 Å². The van der Waals surface area contributed by atoms with E-state index in [1.54, 1.807) is 23.1 Å². The van der Waals surface area contributed by atoms with Crippen molar-refractivity contribution in [3.63, 3.8) is 0 Å². The lowest BCUT2D eigenvalue weighted by molar-refractivity contribution is 0.316. The Hall–Kier alpha value is -2.22. The van der Waals surface area contributed by atoms with Crippen molar-refractivity contribution in [1.82, 2.24) is 19.9 Å². The molecule has 3 aromatic heterocycles. The van der Waals surface area contributed by atoms with Crippen LogP contribution in [0.3, 0.4) is 0 Å². The van der Waals surface area contributed by atoms with Crippen molar-refractivity contribution in [3.8, 4) is 11.3 Å². The average molecular weight is 464 g/mol. The van der Waals surface area contributed by atoms with Gasteiger partial charge in [0.2, 0.25) is 0 Å². The molecular formula is C25H29N5S2. The van der Waals surface area contributed by atoms with Crippen LogP contribution in [0.2, 0.25) is 0 Å². The molecule has 0 bridgehead atoms. The summed E-state index contributed by atoms with van der Waals surface area (Å²) in [5.74, 6) is 0.947. The van der Waals surface area contributed by atoms with Gasteiger partial charge in [0, 0.05) is 24.0 Å². The number of thioether (sulfide) groups is 1. The van der Waals surface area contributed by atoms with Gasteiger partial charge in [-0.2, -0.15) is 0 Å². The largest absolute Gasteiger partial charge is 0.367 e. The van der Waals surface area contributed by atoms with E-state index in [0.29, 0.717) is 0 Å². The predicted molar refractivity (Wildman–Crippen MR) is 138 cm³/mol. The lowest BCUT2D eigenvalue weighted by Crippen LogP contribution is -2.28. The molecule has 1 aliphatic rings. The van der Waals surface area contributed by atoms with E-state index in [9.17, 15) is 0 Å². The van der Waals surface area contributed by atoms with Crippen LogP contribution in [0.5, 0.6) is 0 Å². The second-order valence-corrected chi connectivity index (χ2v) is 9.88. The first-order chi connectivity index (χ1) is 15.7. The van der Waals surface area contributed by atoms with Crippen LogP contribution in [0.1, 0.15) is 31.4 Å². The zero-order valence-corrected chi connectivity index (χ0v) is 20.6. The molecule has 0 amide bonds. The average Bonchev–Trinajstić information content (AvgIpc) is 3.46. The van der Waals surface area contributed by atoms with Crippen LogP contribution in [0.25, 0.3) is 31.7 Å². The molecular weight excluding hydrogens is 434 g/mol. The number of thiophene rings is 1. The molecule has 0 saturated carbocycles. The maximum absolute atomic E-state index is 5.19. The SMILES string of the molecule is CCN(CC)CCNc1nc(SC)nc2c1sc1nc(-c3ccccc3)c3c(c12)CCC3. The van der Waals surface area contributed by atoms with Crippen LogP contribution < -0.4 is 5.32 Å². The Bertz CT molecular complexity index is 1250. The van der Waals surface area contributed by atoms with Gasteiger partial charge >= 0.3 is 0 Å². The summed E-state index contributed by atoms with van der Waals surface area (Å²) in [5.41, 5.74) is 6.27. The summed E-state index contributed by atoms with van der Waals surface area (Å²) in [4.78, 5) is 18.5. The molecule has 166 valence electrons. The number of pyridine rings is 1. The Balaban J connectivity index is 1.65. The minimum Gasteiger partial charge on any atom is -0.367 e. The Morgan fingerprint density at radius 3 is 2.56 bits per heavy atom. The van der Waals surface area contributed by atoms with Crippen molar-refractivity contribution >= 4 is 49.3 Å². The summed E-state index contributed by atoms with van der Waals surface area (Å²) in [7, 11) is 0. The van der Waals surface area contributed by atoms with E-state index in [4.69, 9.17) is 15.0 Å². The van der Waals surface area contributed by atoms with E-state index >= 15 is 0 Å². The van der Waals surface area contributed by atoms with E-state index in [-0.39, 0.29) is 0 Å². The molecule has 0 saturated heterocycles. The second-order valence-electron chi connectivity index (χ2n) is 8.11. The molecule has 5 rings (SSSR count). The lowest BCUT2D eigenvalue weighted by atomic mass is 10.0. The first-order valence-corrected chi connectivity index (χ1v) is 13.5. The molecule has 32 heavy (non-hydrogen) atoms. The lowest BCUT2D eigenvalue weighted by Gasteiger charge is -2.18. The van der Waals surface area contributed by atoms with E-state index in [1.165, 1.54) is 28.5 Å². The van der Waals surface area contributed by atoms with E-state index in [1.807, 2.05) is 6.26 Å². The molecule has 0 radical (unpaired) electrons. The quantitative estimate of drug-likeness (QED) is 0.260. The summed E-state index contributed by atoms with van der Waals surface area (Å²) in [6.45, 7) is 8.42. The van der Waals surface area contributed by atoms with Crippen LogP contribution in [-0.4, -0.2) is 52.3 Å². The standard InChI is InChI=1S/C25H29N5S2/c1-4-30(5-2)15-14-26-23-22-21(28-25(29-23)31-3)19-17-12-9-13-18(17)20(27-24(19)32-22)16-10-7-6-8-11-16/h6-8,10-11H,4-5,9,12-15H2,1-3H3,(H,26,28,29). The zero-order chi connectivity index (χ0) is 22.1. The van der Waals surface area contributed by atoms with Gasteiger partial charge in [-0.05, 0) is 49.7 Å². The molecule has 1 aliphatic carbocycles. The van der Waals surface area contributed by atoms with Crippen LogP contribution in [-0.2, 0) is 12.8 Å². The number of rotatable bonds is 8. The predicted octanol–water partition coefficient (Wildman–Crippen LogP) is 5.87. The molecule has 5 nitrogen and oxygen atoms in total. The normalized spacial score (nSPS) is 13.4. The number of anilines is 1. The summed E-state index contributed by atoms with van der Waals surface area (Å²) < 4.78 is 1.13. The summed E-state index contributed by atoms with van der Waals surface area (Å²) in [6, 6.07) is 10.6. The third-order valence-corrected chi connectivity index (χ3v) is 7.99. The van der Waals surface area contributed by atoms with Gasteiger partial charge < -0.3 is 10.2 Å². The topological polar surface area (TPSA) is 53.9 Å². The van der Waals surface area contributed by atoms with Gasteiger partial charge in [0.05, 0.1) is 15.9 Å². The number of nitrogens with zero attached hydrogens (tertiary/aromatic N) is 4. The molecule has 0 atom stereocenters. The Morgan fingerprint density at radius 1 is 1.03 bits per heavy atom. The molecule has 1 N–H and O–H groups in total. The van der Waals surface area contributed by atoms with E-state index in [2.05, 4.69) is 54.4 Å². The minimum absolute atomic E-state index is 0.821. The molecule has 0 unspecified atom stereocenters. The highest BCUT2D eigenvalue weighted by Gasteiger charge is 2.25.